The molecule has 0 aromatic heterocycles. The summed E-state index contributed by atoms with van der Waals surface area (Å²) in [5.74, 6) is -0.0210. The van der Waals surface area contributed by atoms with E-state index >= 15 is 0 Å². The van der Waals surface area contributed by atoms with E-state index in [2.05, 4.69) is 0 Å². The molecule has 1 unspecified atom stereocenters. The third kappa shape index (κ3) is 7.25. The van der Waals surface area contributed by atoms with Crippen molar-refractivity contribution in [1.29, 1.82) is 0 Å². The number of halogens is 1. The second-order valence-electron chi connectivity index (χ2n) is 4.63. The van der Waals surface area contributed by atoms with Crippen molar-refractivity contribution in [3.8, 4) is 0 Å². The lowest BCUT2D eigenvalue weighted by Crippen LogP contribution is -2.11. The average Bonchev–Trinajstić information content (AvgIpc) is 2.43. The van der Waals surface area contributed by atoms with Crippen LogP contribution in [0.5, 0.6) is 0 Å². The molecule has 3 nitrogen and oxygen atoms in total. The SMILES string of the molecule is COCCOCCCC(CO)Cc1ccc(F)cc1. The summed E-state index contributed by atoms with van der Waals surface area (Å²) in [5.41, 5.74) is 1.06. The van der Waals surface area contributed by atoms with E-state index in [9.17, 15) is 9.50 Å². The van der Waals surface area contributed by atoms with Crippen LogP contribution in [-0.4, -0.2) is 38.6 Å². The van der Waals surface area contributed by atoms with Crippen LogP contribution in [0.4, 0.5) is 4.39 Å². The topological polar surface area (TPSA) is 38.7 Å². The van der Waals surface area contributed by atoms with Gasteiger partial charge in [0.1, 0.15) is 5.82 Å². The van der Waals surface area contributed by atoms with Crippen molar-refractivity contribution in [2.45, 2.75) is 19.3 Å². The fourth-order valence-electron chi connectivity index (χ4n) is 1.93. The van der Waals surface area contributed by atoms with Crippen LogP contribution in [0.3, 0.4) is 0 Å². The predicted molar refractivity (Wildman–Crippen MR) is 72.6 cm³/mol. The first-order valence-corrected chi connectivity index (χ1v) is 6.68. The van der Waals surface area contributed by atoms with Gasteiger partial charge in [0.25, 0.3) is 0 Å². The van der Waals surface area contributed by atoms with E-state index < -0.39 is 0 Å². The molecule has 0 fully saturated rings. The zero-order valence-corrected chi connectivity index (χ0v) is 11.5. The van der Waals surface area contributed by atoms with Gasteiger partial charge in [-0.1, -0.05) is 12.1 Å². The van der Waals surface area contributed by atoms with Crippen LogP contribution in [0, 0.1) is 11.7 Å². The summed E-state index contributed by atoms with van der Waals surface area (Å²) in [7, 11) is 1.65. The summed E-state index contributed by atoms with van der Waals surface area (Å²) in [6, 6.07) is 6.45. The first-order chi connectivity index (χ1) is 9.26. The molecule has 0 bridgehead atoms. The standard InChI is InChI=1S/C15H23FO3/c1-18-9-10-19-8-2-3-14(12-17)11-13-4-6-15(16)7-5-13/h4-7,14,17H,2-3,8-12H2,1H3. The third-order valence-corrected chi connectivity index (χ3v) is 3.03. The molecule has 4 heteroatoms. The Morgan fingerprint density at radius 2 is 1.89 bits per heavy atom. The Balaban J connectivity index is 2.20. The molecule has 0 amide bonds. The molecule has 1 aromatic carbocycles. The van der Waals surface area contributed by atoms with Crippen molar-refractivity contribution in [1.82, 2.24) is 0 Å². The second-order valence-corrected chi connectivity index (χ2v) is 4.63. The zero-order chi connectivity index (χ0) is 13.9. The lowest BCUT2D eigenvalue weighted by molar-refractivity contribution is 0.0657. The normalized spacial score (nSPS) is 12.6. The van der Waals surface area contributed by atoms with Gasteiger partial charge in [0.2, 0.25) is 0 Å². The maximum atomic E-state index is 12.8. The van der Waals surface area contributed by atoms with Gasteiger partial charge in [0, 0.05) is 20.3 Å². The Morgan fingerprint density at radius 3 is 2.53 bits per heavy atom. The number of ether oxygens (including phenoxy) is 2. The van der Waals surface area contributed by atoms with Crippen LogP contribution in [0.15, 0.2) is 24.3 Å². The second kappa shape index (κ2) is 9.89. The van der Waals surface area contributed by atoms with Crippen LogP contribution < -0.4 is 0 Å². The predicted octanol–water partition coefficient (Wildman–Crippen LogP) is 2.42. The lowest BCUT2D eigenvalue weighted by Gasteiger charge is -2.14. The third-order valence-electron chi connectivity index (χ3n) is 3.03. The molecule has 19 heavy (non-hydrogen) atoms. The number of benzene rings is 1. The molecule has 0 saturated carbocycles. The monoisotopic (exact) mass is 270 g/mol. The molecule has 0 radical (unpaired) electrons. The van der Waals surface area contributed by atoms with E-state index in [4.69, 9.17) is 9.47 Å². The summed E-state index contributed by atoms with van der Waals surface area (Å²) in [6.45, 7) is 2.05. The summed E-state index contributed by atoms with van der Waals surface area (Å²) in [4.78, 5) is 0. The van der Waals surface area contributed by atoms with Crippen molar-refractivity contribution < 1.29 is 19.0 Å². The molecule has 1 rings (SSSR count). The Hall–Kier alpha value is -0.970. The summed E-state index contributed by atoms with van der Waals surface area (Å²) in [6.07, 6.45) is 2.59. The van der Waals surface area contributed by atoms with Gasteiger partial charge in [-0.15, -0.1) is 0 Å². The van der Waals surface area contributed by atoms with Gasteiger partial charge >= 0.3 is 0 Å². The molecule has 1 aromatic rings. The number of aliphatic hydroxyl groups excluding tert-OH is 1. The van der Waals surface area contributed by atoms with E-state index in [1.54, 1.807) is 19.2 Å². The molecule has 0 heterocycles. The van der Waals surface area contributed by atoms with Crippen molar-refractivity contribution in [3.05, 3.63) is 35.6 Å². The van der Waals surface area contributed by atoms with Crippen molar-refractivity contribution >= 4 is 0 Å². The maximum Gasteiger partial charge on any atom is 0.123 e. The summed E-state index contributed by atoms with van der Waals surface area (Å²) < 4.78 is 23.0. The highest BCUT2D eigenvalue weighted by Gasteiger charge is 2.08. The number of methoxy groups -OCH3 is 1. The molecule has 0 spiro atoms. The van der Waals surface area contributed by atoms with E-state index in [1.807, 2.05) is 0 Å². The van der Waals surface area contributed by atoms with Gasteiger partial charge in [0.05, 0.1) is 13.2 Å². The molecule has 1 atom stereocenters. The van der Waals surface area contributed by atoms with Gasteiger partial charge in [-0.2, -0.15) is 0 Å². The van der Waals surface area contributed by atoms with Crippen LogP contribution >= 0.6 is 0 Å². The van der Waals surface area contributed by atoms with Crippen LogP contribution in [-0.2, 0) is 15.9 Å². The highest BCUT2D eigenvalue weighted by Crippen LogP contribution is 2.14. The number of aliphatic hydroxyl groups is 1. The number of hydrogen-bond donors (Lipinski definition) is 1. The van der Waals surface area contributed by atoms with Crippen LogP contribution in [0.25, 0.3) is 0 Å². The largest absolute Gasteiger partial charge is 0.396 e. The van der Waals surface area contributed by atoms with E-state index in [1.165, 1.54) is 12.1 Å². The number of hydrogen-bond acceptors (Lipinski definition) is 3. The van der Waals surface area contributed by atoms with Crippen molar-refractivity contribution in [2.75, 3.05) is 33.5 Å². The molecule has 0 aliphatic carbocycles. The highest BCUT2D eigenvalue weighted by atomic mass is 19.1. The minimum atomic E-state index is -0.226. The average molecular weight is 270 g/mol. The molecule has 0 saturated heterocycles. The van der Waals surface area contributed by atoms with Crippen molar-refractivity contribution in [3.63, 3.8) is 0 Å². The fraction of sp³-hybridized carbons (Fsp3) is 0.600. The van der Waals surface area contributed by atoms with Gasteiger partial charge in [-0.3, -0.25) is 0 Å². The quantitative estimate of drug-likeness (QED) is 0.664. The van der Waals surface area contributed by atoms with Crippen molar-refractivity contribution in [2.24, 2.45) is 5.92 Å². The van der Waals surface area contributed by atoms with Gasteiger partial charge in [-0.25, -0.2) is 4.39 Å². The first-order valence-electron chi connectivity index (χ1n) is 6.68. The molecule has 0 aliphatic heterocycles. The Kier molecular flexibility index (Phi) is 8.38. The molecular formula is C15H23FO3. The fourth-order valence-corrected chi connectivity index (χ4v) is 1.93. The molecular weight excluding hydrogens is 247 g/mol. The Labute approximate surface area is 114 Å². The van der Waals surface area contributed by atoms with Gasteiger partial charge in [-0.05, 0) is 42.9 Å². The van der Waals surface area contributed by atoms with E-state index in [0.29, 0.717) is 19.8 Å². The molecule has 1 N–H and O–H groups in total. The van der Waals surface area contributed by atoms with E-state index in [0.717, 1.165) is 24.8 Å². The minimum Gasteiger partial charge on any atom is -0.396 e. The maximum absolute atomic E-state index is 12.8. The zero-order valence-electron chi connectivity index (χ0n) is 11.5. The minimum absolute atomic E-state index is 0.148. The summed E-state index contributed by atoms with van der Waals surface area (Å²) >= 11 is 0. The van der Waals surface area contributed by atoms with Crippen LogP contribution in [0.1, 0.15) is 18.4 Å². The summed E-state index contributed by atoms with van der Waals surface area (Å²) in [5, 5.41) is 9.35. The van der Waals surface area contributed by atoms with Gasteiger partial charge in [0.15, 0.2) is 0 Å². The Bertz CT molecular complexity index is 327. The van der Waals surface area contributed by atoms with Crippen LogP contribution in [0.2, 0.25) is 0 Å². The smallest absolute Gasteiger partial charge is 0.123 e. The Morgan fingerprint density at radius 1 is 1.16 bits per heavy atom. The lowest BCUT2D eigenvalue weighted by atomic mass is 9.96. The molecule has 108 valence electrons. The van der Waals surface area contributed by atoms with E-state index in [-0.39, 0.29) is 18.3 Å². The first kappa shape index (κ1) is 16.1. The molecule has 0 aliphatic rings. The van der Waals surface area contributed by atoms with Gasteiger partial charge < -0.3 is 14.6 Å². The number of rotatable bonds is 10. The highest BCUT2D eigenvalue weighted by molar-refractivity contribution is 5.16.